The van der Waals surface area contributed by atoms with Gasteiger partial charge in [-0.3, -0.25) is 4.55 Å². The highest BCUT2D eigenvalue weighted by molar-refractivity contribution is 7.86. The van der Waals surface area contributed by atoms with Gasteiger partial charge in [0, 0.05) is 0 Å². The van der Waals surface area contributed by atoms with Crippen LogP contribution in [0, 0.1) is 0 Å². The first-order chi connectivity index (χ1) is 5.38. The van der Waals surface area contributed by atoms with Gasteiger partial charge in [0.05, 0.1) is 0 Å². The van der Waals surface area contributed by atoms with Gasteiger partial charge in [-0.25, -0.2) is 4.79 Å². The zero-order valence-electron chi connectivity index (χ0n) is 6.65. The number of nitrogens with two attached hydrogens (primary N) is 1. The SMILES string of the molecule is CCCC(NC(N)=O)S(=O)(=O)O. The summed E-state index contributed by atoms with van der Waals surface area (Å²) in [6.07, 6.45) is 0.659. The van der Waals surface area contributed by atoms with E-state index < -0.39 is 21.5 Å². The first kappa shape index (κ1) is 11.2. The average molecular weight is 196 g/mol. The lowest BCUT2D eigenvalue weighted by molar-refractivity contribution is 0.246. The van der Waals surface area contributed by atoms with Gasteiger partial charge in [-0.15, -0.1) is 0 Å². The van der Waals surface area contributed by atoms with Crippen LogP contribution in [0.5, 0.6) is 0 Å². The topological polar surface area (TPSA) is 109 Å². The predicted octanol–water partition coefficient (Wildman–Crippen LogP) is -0.331. The molecular formula is C5H12N2O4S. The summed E-state index contributed by atoms with van der Waals surface area (Å²) in [6, 6.07) is -0.967. The molecule has 4 N–H and O–H groups in total. The van der Waals surface area contributed by atoms with Crippen molar-refractivity contribution in [3.05, 3.63) is 0 Å². The Labute approximate surface area is 70.9 Å². The second-order valence-electron chi connectivity index (χ2n) is 2.30. The second kappa shape index (κ2) is 4.27. The quantitative estimate of drug-likeness (QED) is 0.534. The molecule has 0 heterocycles. The molecule has 7 heteroatoms. The molecule has 0 aliphatic carbocycles. The van der Waals surface area contributed by atoms with E-state index in [1.165, 1.54) is 0 Å². The molecule has 0 bridgehead atoms. The third-order valence-corrected chi connectivity index (χ3v) is 2.29. The number of hydrogen-bond acceptors (Lipinski definition) is 3. The predicted molar refractivity (Wildman–Crippen MR) is 43.0 cm³/mol. The molecule has 0 radical (unpaired) electrons. The number of nitrogens with one attached hydrogen (secondary N) is 1. The molecule has 1 unspecified atom stereocenters. The minimum Gasteiger partial charge on any atom is -0.352 e. The van der Waals surface area contributed by atoms with Crippen LogP contribution in [0.3, 0.4) is 0 Å². The normalized spacial score (nSPS) is 13.8. The van der Waals surface area contributed by atoms with Gasteiger partial charge >= 0.3 is 6.03 Å². The summed E-state index contributed by atoms with van der Waals surface area (Å²) in [5, 5.41) is 0.630. The van der Waals surface area contributed by atoms with E-state index >= 15 is 0 Å². The van der Waals surface area contributed by atoms with Gasteiger partial charge in [0.2, 0.25) is 0 Å². The first-order valence-electron chi connectivity index (χ1n) is 3.40. The van der Waals surface area contributed by atoms with E-state index in [1.54, 1.807) is 6.92 Å². The van der Waals surface area contributed by atoms with E-state index in [-0.39, 0.29) is 6.42 Å². The zero-order chi connectivity index (χ0) is 9.78. The molecule has 0 spiro atoms. The molecule has 0 aliphatic rings. The Morgan fingerprint density at radius 2 is 2.17 bits per heavy atom. The highest BCUT2D eigenvalue weighted by atomic mass is 32.2. The molecule has 0 aromatic carbocycles. The number of carbonyl (C=O) groups excluding carboxylic acids is 1. The van der Waals surface area contributed by atoms with E-state index in [0.29, 0.717) is 6.42 Å². The minimum atomic E-state index is -4.23. The van der Waals surface area contributed by atoms with Crippen molar-refractivity contribution in [2.45, 2.75) is 25.1 Å². The molecule has 72 valence electrons. The summed E-state index contributed by atoms with van der Waals surface area (Å²) in [7, 11) is -4.23. The fourth-order valence-corrected chi connectivity index (χ4v) is 1.52. The summed E-state index contributed by atoms with van der Waals surface area (Å²) >= 11 is 0. The lowest BCUT2D eigenvalue weighted by Gasteiger charge is -2.12. The van der Waals surface area contributed by atoms with Crippen LogP contribution in [0.15, 0.2) is 0 Å². The summed E-state index contributed by atoms with van der Waals surface area (Å²) in [5.41, 5.74) is 4.69. The van der Waals surface area contributed by atoms with E-state index in [4.69, 9.17) is 10.3 Å². The molecule has 0 saturated carbocycles. The Kier molecular flexibility index (Phi) is 3.98. The van der Waals surface area contributed by atoms with Gasteiger partial charge in [-0.2, -0.15) is 8.42 Å². The fraction of sp³-hybridized carbons (Fsp3) is 0.800. The monoisotopic (exact) mass is 196 g/mol. The van der Waals surface area contributed by atoms with E-state index in [1.807, 2.05) is 5.32 Å². The van der Waals surface area contributed by atoms with Crippen LogP contribution in [0.2, 0.25) is 0 Å². The second-order valence-corrected chi connectivity index (χ2v) is 3.90. The molecule has 0 aliphatic heterocycles. The smallest absolute Gasteiger partial charge is 0.313 e. The van der Waals surface area contributed by atoms with Crippen LogP contribution in [-0.2, 0) is 10.1 Å². The van der Waals surface area contributed by atoms with Crippen LogP contribution in [-0.4, -0.2) is 24.4 Å². The fourth-order valence-electron chi connectivity index (χ4n) is 0.716. The van der Waals surface area contributed by atoms with E-state index in [2.05, 4.69) is 0 Å². The Morgan fingerprint density at radius 1 is 1.67 bits per heavy atom. The standard InChI is InChI=1S/C5H12N2O4S/c1-2-3-4(7-5(6)8)12(9,10)11/h4H,2-3H2,1H3,(H3,6,7,8)(H,9,10,11). The van der Waals surface area contributed by atoms with Crippen molar-refractivity contribution in [2.75, 3.05) is 0 Å². The Balaban J connectivity index is 4.34. The van der Waals surface area contributed by atoms with Gasteiger partial charge in [-0.1, -0.05) is 13.3 Å². The highest BCUT2D eigenvalue weighted by Crippen LogP contribution is 2.02. The molecule has 12 heavy (non-hydrogen) atoms. The number of hydrogen-bond donors (Lipinski definition) is 3. The molecule has 0 fully saturated rings. The van der Waals surface area contributed by atoms with Crippen molar-refractivity contribution in [1.29, 1.82) is 0 Å². The van der Waals surface area contributed by atoms with Gasteiger partial charge < -0.3 is 11.1 Å². The van der Waals surface area contributed by atoms with E-state index in [0.717, 1.165) is 0 Å². The van der Waals surface area contributed by atoms with Gasteiger partial charge in [-0.05, 0) is 6.42 Å². The van der Waals surface area contributed by atoms with Crippen molar-refractivity contribution in [3.63, 3.8) is 0 Å². The van der Waals surface area contributed by atoms with Crippen LogP contribution < -0.4 is 11.1 Å². The molecule has 6 nitrogen and oxygen atoms in total. The molecule has 0 saturated heterocycles. The molecular weight excluding hydrogens is 184 g/mol. The first-order valence-corrected chi connectivity index (χ1v) is 4.90. The zero-order valence-corrected chi connectivity index (χ0v) is 7.47. The number of primary amides is 1. The maximum atomic E-state index is 10.5. The van der Waals surface area contributed by atoms with Crippen molar-refractivity contribution in [2.24, 2.45) is 5.73 Å². The Bertz CT molecular complexity index is 248. The third kappa shape index (κ3) is 4.14. The van der Waals surface area contributed by atoms with Gasteiger partial charge in [0.1, 0.15) is 0 Å². The molecule has 0 aromatic rings. The Hall–Kier alpha value is -0.820. The summed E-state index contributed by atoms with van der Waals surface area (Å²) < 4.78 is 29.6. The molecule has 0 rings (SSSR count). The molecule has 0 aromatic heterocycles. The van der Waals surface area contributed by atoms with Crippen LogP contribution in [0.4, 0.5) is 4.79 Å². The van der Waals surface area contributed by atoms with Crippen LogP contribution in [0.25, 0.3) is 0 Å². The van der Waals surface area contributed by atoms with Gasteiger partial charge in [0.25, 0.3) is 10.1 Å². The maximum absolute atomic E-state index is 10.5. The van der Waals surface area contributed by atoms with Crippen molar-refractivity contribution < 1.29 is 17.8 Å². The Morgan fingerprint density at radius 3 is 2.42 bits per heavy atom. The van der Waals surface area contributed by atoms with E-state index in [9.17, 15) is 13.2 Å². The largest absolute Gasteiger partial charge is 0.352 e. The van der Waals surface area contributed by atoms with Crippen molar-refractivity contribution in [1.82, 2.24) is 5.32 Å². The number of amides is 2. The summed E-state index contributed by atoms with van der Waals surface area (Å²) in [6.45, 7) is 1.72. The summed E-state index contributed by atoms with van der Waals surface area (Å²) in [5.74, 6) is 0. The highest BCUT2D eigenvalue weighted by Gasteiger charge is 2.22. The van der Waals surface area contributed by atoms with Crippen LogP contribution >= 0.6 is 0 Å². The van der Waals surface area contributed by atoms with Crippen molar-refractivity contribution >= 4 is 16.1 Å². The maximum Gasteiger partial charge on any atom is 0.313 e. The molecule has 1 atom stereocenters. The van der Waals surface area contributed by atoms with Crippen molar-refractivity contribution in [3.8, 4) is 0 Å². The van der Waals surface area contributed by atoms with Crippen LogP contribution in [0.1, 0.15) is 19.8 Å². The number of rotatable bonds is 4. The summed E-state index contributed by atoms with van der Waals surface area (Å²) in [4.78, 5) is 10.3. The number of carbonyl (C=O) groups is 1. The molecule has 2 amide bonds. The number of urea groups is 1. The lowest BCUT2D eigenvalue weighted by Crippen LogP contribution is -2.43. The van der Waals surface area contributed by atoms with Gasteiger partial charge in [0.15, 0.2) is 5.37 Å². The third-order valence-electron chi connectivity index (χ3n) is 1.21. The average Bonchev–Trinajstić information content (AvgIpc) is 1.83. The minimum absolute atomic E-state index is 0.141. The lowest BCUT2D eigenvalue weighted by atomic mass is 10.3.